The lowest BCUT2D eigenvalue weighted by Gasteiger charge is -2.05. The average molecular weight is 229 g/mol. The minimum absolute atomic E-state index is 0.222. The summed E-state index contributed by atoms with van der Waals surface area (Å²) in [5, 5.41) is 0. The van der Waals surface area contributed by atoms with E-state index in [4.69, 9.17) is 18.9 Å². The molecule has 1 aromatic heterocycles. The number of hydrogen-bond donors (Lipinski definition) is 0. The van der Waals surface area contributed by atoms with Gasteiger partial charge in [-0.05, 0) is 0 Å². The molecule has 0 aliphatic carbocycles. The second-order valence-electron chi connectivity index (χ2n) is 2.73. The standard InChI is InChI=1S/C9H15N3O4/c1-13-3-5-15-8-10-7-11-9(12-8)16-6-4-14-2/h7H,3-6H2,1-2H3. The maximum atomic E-state index is 5.19. The van der Waals surface area contributed by atoms with E-state index < -0.39 is 0 Å². The highest BCUT2D eigenvalue weighted by molar-refractivity contribution is 4.99. The van der Waals surface area contributed by atoms with Gasteiger partial charge in [-0.1, -0.05) is 0 Å². The van der Waals surface area contributed by atoms with E-state index in [1.165, 1.54) is 6.33 Å². The van der Waals surface area contributed by atoms with Crippen LogP contribution in [0.3, 0.4) is 0 Å². The topological polar surface area (TPSA) is 75.6 Å². The smallest absolute Gasteiger partial charge is 0.322 e. The van der Waals surface area contributed by atoms with Crippen LogP contribution in [-0.4, -0.2) is 55.6 Å². The van der Waals surface area contributed by atoms with Crippen LogP contribution in [0, 0.1) is 0 Å². The quantitative estimate of drug-likeness (QED) is 0.577. The van der Waals surface area contributed by atoms with E-state index in [0.717, 1.165) is 0 Å². The number of ether oxygens (including phenoxy) is 4. The Labute approximate surface area is 93.7 Å². The Morgan fingerprint density at radius 1 is 0.875 bits per heavy atom. The first-order chi connectivity index (χ1) is 7.86. The Hall–Kier alpha value is -1.47. The summed E-state index contributed by atoms with van der Waals surface area (Å²) in [6.07, 6.45) is 1.33. The molecule has 1 aromatic rings. The lowest BCUT2D eigenvalue weighted by molar-refractivity contribution is 0.132. The highest BCUT2D eigenvalue weighted by Gasteiger charge is 2.02. The van der Waals surface area contributed by atoms with E-state index in [9.17, 15) is 0 Å². The molecule has 0 aliphatic heterocycles. The van der Waals surface area contributed by atoms with E-state index in [2.05, 4.69) is 15.0 Å². The third-order valence-corrected chi connectivity index (χ3v) is 1.56. The Morgan fingerprint density at radius 3 is 1.81 bits per heavy atom. The lowest BCUT2D eigenvalue weighted by Crippen LogP contribution is -2.10. The molecule has 0 N–H and O–H groups in total. The van der Waals surface area contributed by atoms with Crippen LogP contribution in [0.4, 0.5) is 0 Å². The SMILES string of the molecule is COCCOc1ncnc(OCCOC)n1. The van der Waals surface area contributed by atoms with Crippen LogP contribution in [0.25, 0.3) is 0 Å². The van der Waals surface area contributed by atoms with Crippen molar-refractivity contribution in [2.45, 2.75) is 0 Å². The summed E-state index contributed by atoms with van der Waals surface area (Å²) in [6, 6.07) is 0.443. The molecular weight excluding hydrogens is 214 g/mol. The van der Waals surface area contributed by atoms with Crippen molar-refractivity contribution in [3.63, 3.8) is 0 Å². The first-order valence-corrected chi connectivity index (χ1v) is 4.79. The molecule has 0 fully saturated rings. The van der Waals surface area contributed by atoms with Crippen LogP contribution in [0.5, 0.6) is 12.0 Å². The van der Waals surface area contributed by atoms with Crippen molar-refractivity contribution in [1.29, 1.82) is 0 Å². The molecule has 0 aliphatic rings. The van der Waals surface area contributed by atoms with E-state index in [-0.39, 0.29) is 12.0 Å². The molecule has 0 unspecified atom stereocenters. The fourth-order valence-corrected chi connectivity index (χ4v) is 0.839. The predicted octanol–water partition coefficient (Wildman–Crippen LogP) is -0.0780. The summed E-state index contributed by atoms with van der Waals surface area (Å²) in [5.41, 5.74) is 0. The molecule has 0 saturated heterocycles. The number of rotatable bonds is 8. The van der Waals surface area contributed by atoms with Gasteiger partial charge in [0.25, 0.3) is 0 Å². The second kappa shape index (κ2) is 7.77. The number of nitrogens with zero attached hydrogens (tertiary/aromatic N) is 3. The number of aromatic nitrogens is 3. The summed E-state index contributed by atoms with van der Waals surface area (Å²) in [5.74, 6) is 0. The zero-order valence-electron chi connectivity index (χ0n) is 9.38. The van der Waals surface area contributed by atoms with Gasteiger partial charge in [-0.2, -0.15) is 9.97 Å². The van der Waals surface area contributed by atoms with Gasteiger partial charge in [0.15, 0.2) is 0 Å². The van der Waals surface area contributed by atoms with E-state index in [1.807, 2.05) is 0 Å². The molecule has 0 bridgehead atoms. The molecule has 7 nitrogen and oxygen atoms in total. The summed E-state index contributed by atoms with van der Waals surface area (Å²) in [4.78, 5) is 11.6. The highest BCUT2D eigenvalue weighted by Crippen LogP contribution is 2.05. The highest BCUT2D eigenvalue weighted by atomic mass is 16.5. The fraction of sp³-hybridized carbons (Fsp3) is 0.667. The maximum Gasteiger partial charge on any atom is 0.322 e. The molecule has 0 spiro atoms. The molecule has 7 heteroatoms. The fourth-order valence-electron chi connectivity index (χ4n) is 0.839. The summed E-state index contributed by atoms with van der Waals surface area (Å²) >= 11 is 0. The summed E-state index contributed by atoms with van der Waals surface area (Å²) in [6.45, 7) is 1.73. The van der Waals surface area contributed by atoms with Crippen molar-refractivity contribution in [3.05, 3.63) is 6.33 Å². The molecule has 1 rings (SSSR count). The molecule has 1 heterocycles. The first-order valence-electron chi connectivity index (χ1n) is 4.79. The monoisotopic (exact) mass is 229 g/mol. The maximum absolute atomic E-state index is 5.19. The van der Waals surface area contributed by atoms with Crippen LogP contribution >= 0.6 is 0 Å². The van der Waals surface area contributed by atoms with E-state index in [1.54, 1.807) is 14.2 Å². The first kappa shape index (κ1) is 12.6. The van der Waals surface area contributed by atoms with Crippen molar-refractivity contribution in [2.75, 3.05) is 40.6 Å². The lowest BCUT2D eigenvalue weighted by atomic mass is 10.8. The van der Waals surface area contributed by atoms with Gasteiger partial charge in [0.05, 0.1) is 13.2 Å². The summed E-state index contributed by atoms with van der Waals surface area (Å²) < 4.78 is 20.0. The van der Waals surface area contributed by atoms with Gasteiger partial charge in [-0.25, -0.2) is 0 Å². The zero-order valence-corrected chi connectivity index (χ0v) is 9.38. The van der Waals surface area contributed by atoms with Gasteiger partial charge in [0.1, 0.15) is 19.5 Å². The second-order valence-corrected chi connectivity index (χ2v) is 2.73. The Morgan fingerprint density at radius 2 is 1.38 bits per heavy atom. The van der Waals surface area contributed by atoms with Crippen molar-refractivity contribution in [2.24, 2.45) is 0 Å². The zero-order chi connectivity index (χ0) is 11.6. The van der Waals surface area contributed by atoms with Gasteiger partial charge in [-0.3, -0.25) is 0 Å². The molecule has 0 atom stereocenters. The third-order valence-electron chi connectivity index (χ3n) is 1.56. The van der Waals surface area contributed by atoms with Gasteiger partial charge < -0.3 is 18.9 Å². The largest absolute Gasteiger partial charge is 0.461 e. The molecule has 0 saturated carbocycles. The summed E-state index contributed by atoms with van der Waals surface area (Å²) in [7, 11) is 3.19. The predicted molar refractivity (Wildman–Crippen MR) is 54.6 cm³/mol. The van der Waals surface area contributed by atoms with Crippen LogP contribution in [0.15, 0.2) is 6.33 Å². The van der Waals surface area contributed by atoms with Gasteiger partial charge in [-0.15, -0.1) is 4.98 Å². The molecular formula is C9H15N3O4. The Balaban J connectivity index is 2.37. The normalized spacial score (nSPS) is 10.1. The molecule has 0 radical (unpaired) electrons. The van der Waals surface area contributed by atoms with Gasteiger partial charge in [0.2, 0.25) is 0 Å². The van der Waals surface area contributed by atoms with Gasteiger partial charge >= 0.3 is 12.0 Å². The van der Waals surface area contributed by atoms with Crippen LogP contribution in [-0.2, 0) is 9.47 Å². The Bertz CT molecular complexity index is 273. The van der Waals surface area contributed by atoms with Crippen molar-refractivity contribution in [1.82, 2.24) is 15.0 Å². The molecule has 16 heavy (non-hydrogen) atoms. The number of hydrogen-bond acceptors (Lipinski definition) is 7. The third kappa shape index (κ3) is 4.85. The minimum Gasteiger partial charge on any atom is -0.461 e. The van der Waals surface area contributed by atoms with Crippen LogP contribution < -0.4 is 9.47 Å². The van der Waals surface area contributed by atoms with E-state index >= 15 is 0 Å². The van der Waals surface area contributed by atoms with Crippen molar-refractivity contribution >= 4 is 0 Å². The molecule has 0 amide bonds. The van der Waals surface area contributed by atoms with Crippen molar-refractivity contribution < 1.29 is 18.9 Å². The number of methoxy groups -OCH3 is 2. The average Bonchev–Trinajstić information content (AvgIpc) is 2.30. The Kier molecular flexibility index (Phi) is 6.12. The van der Waals surface area contributed by atoms with Gasteiger partial charge in [0, 0.05) is 14.2 Å². The molecule has 0 aromatic carbocycles. The molecule has 90 valence electrons. The minimum atomic E-state index is 0.222. The van der Waals surface area contributed by atoms with Crippen LogP contribution in [0.2, 0.25) is 0 Å². The van der Waals surface area contributed by atoms with E-state index in [0.29, 0.717) is 26.4 Å². The van der Waals surface area contributed by atoms with Crippen LogP contribution in [0.1, 0.15) is 0 Å². The van der Waals surface area contributed by atoms with Crippen molar-refractivity contribution in [3.8, 4) is 12.0 Å².